The third kappa shape index (κ3) is 2.76. The molecule has 96 valence electrons. The minimum Gasteiger partial charge on any atom is -0.507 e. The minimum atomic E-state index is 0.340. The van der Waals surface area contributed by atoms with E-state index in [-0.39, 0.29) is 0 Å². The second kappa shape index (κ2) is 5.30. The Morgan fingerprint density at radius 1 is 1.00 bits per heavy atom. The van der Waals surface area contributed by atoms with Gasteiger partial charge in [0.1, 0.15) is 5.75 Å². The Kier molecular flexibility index (Phi) is 3.75. The summed E-state index contributed by atoms with van der Waals surface area (Å²) in [4.78, 5) is 0. The molecule has 0 bridgehead atoms. The van der Waals surface area contributed by atoms with Crippen LogP contribution in [0.25, 0.3) is 10.8 Å². The van der Waals surface area contributed by atoms with E-state index in [0.717, 1.165) is 22.9 Å². The van der Waals surface area contributed by atoms with Crippen LogP contribution >= 0.6 is 0 Å². The van der Waals surface area contributed by atoms with Crippen molar-refractivity contribution in [1.82, 2.24) is 0 Å². The molecule has 0 spiro atoms. The highest BCUT2D eigenvalue weighted by Crippen LogP contribution is 2.30. The van der Waals surface area contributed by atoms with E-state index in [1.807, 2.05) is 24.3 Å². The van der Waals surface area contributed by atoms with E-state index in [2.05, 4.69) is 32.2 Å². The van der Waals surface area contributed by atoms with Crippen LogP contribution in [0.1, 0.15) is 27.2 Å². The van der Waals surface area contributed by atoms with Gasteiger partial charge in [0.2, 0.25) is 0 Å². The smallest absolute Gasteiger partial charge is 0.123 e. The van der Waals surface area contributed by atoms with Crippen LogP contribution in [0.3, 0.4) is 0 Å². The van der Waals surface area contributed by atoms with Crippen LogP contribution in [-0.4, -0.2) is 11.1 Å². The average molecular weight is 243 g/mol. The van der Waals surface area contributed by atoms with Crippen molar-refractivity contribution in [2.45, 2.75) is 33.2 Å². The number of rotatable bonds is 4. The maximum absolute atomic E-state index is 9.85. The number of aromatic hydroxyl groups is 1. The van der Waals surface area contributed by atoms with Gasteiger partial charge in [-0.3, -0.25) is 0 Å². The summed E-state index contributed by atoms with van der Waals surface area (Å²) in [6.45, 7) is 6.65. The van der Waals surface area contributed by atoms with Crippen molar-refractivity contribution >= 4 is 16.5 Å². The quantitative estimate of drug-likeness (QED) is 0.834. The van der Waals surface area contributed by atoms with Crippen molar-refractivity contribution in [1.29, 1.82) is 0 Å². The summed E-state index contributed by atoms with van der Waals surface area (Å²) >= 11 is 0. The van der Waals surface area contributed by atoms with Gasteiger partial charge in [0.25, 0.3) is 0 Å². The molecular formula is C16H21NO. The summed E-state index contributed by atoms with van der Waals surface area (Å²) in [6.07, 6.45) is 1.13. The fourth-order valence-electron chi connectivity index (χ4n) is 2.45. The highest BCUT2D eigenvalue weighted by molar-refractivity contribution is 5.97. The standard InChI is InChI=1S/C16H21NO/c1-11(2)10-12(3)17-15-8-4-7-14-13(15)6-5-9-16(14)18/h4-9,11-12,17-18H,10H2,1-3H3. The van der Waals surface area contributed by atoms with Gasteiger partial charge in [-0.2, -0.15) is 0 Å². The van der Waals surface area contributed by atoms with E-state index in [1.54, 1.807) is 6.07 Å². The summed E-state index contributed by atoms with van der Waals surface area (Å²) in [6, 6.07) is 12.1. The zero-order valence-electron chi connectivity index (χ0n) is 11.3. The van der Waals surface area contributed by atoms with Gasteiger partial charge in [-0.1, -0.05) is 38.1 Å². The number of phenolic OH excluding ortho intramolecular Hbond substituents is 1. The topological polar surface area (TPSA) is 32.3 Å². The lowest BCUT2D eigenvalue weighted by Gasteiger charge is -2.18. The normalized spacial score (nSPS) is 12.9. The van der Waals surface area contributed by atoms with Crippen LogP contribution in [0.15, 0.2) is 36.4 Å². The zero-order valence-corrected chi connectivity index (χ0v) is 11.3. The molecule has 0 heterocycles. The molecule has 0 aliphatic rings. The van der Waals surface area contributed by atoms with Gasteiger partial charge in [-0.05, 0) is 31.4 Å². The highest BCUT2D eigenvalue weighted by atomic mass is 16.3. The Hall–Kier alpha value is -1.70. The Morgan fingerprint density at radius 2 is 1.67 bits per heavy atom. The zero-order chi connectivity index (χ0) is 13.1. The van der Waals surface area contributed by atoms with Crippen molar-refractivity contribution in [2.75, 3.05) is 5.32 Å². The molecule has 2 N–H and O–H groups in total. The molecule has 0 amide bonds. The van der Waals surface area contributed by atoms with E-state index in [1.165, 1.54) is 0 Å². The fourth-order valence-corrected chi connectivity index (χ4v) is 2.45. The molecule has 0 saturated heterocycles. The van der Waals surface area contributed by atoms with E-state index in [9.17, 15) is 5.11 Å². The number of anilines is 1. The number of fused-ring (bicyclic) bond motifs is 1. The molecule has 2 aromatic carbocycles. The molecule has 0 saturated carbocycles. The van der Waals surface area contributed by atoms with Crippen molar-refractivity contribution in [3.05, 3.63) is 36.4 Å². The first kappa shape index (κ1) is 12.7. The van der Waals surface area contributed by atoms with Gasteiger partial charge in [0, 0.05) is 22.5 Å². The first-order valence-corrected chi connectivity index (χ1v) is 6.55. The first-order valence-electron chi connectivity index (χ1n) is 6.55. The lowest BCUT2D eigenvalue weighted by molar-refractivity contribution is 0.481. The van der Waals surface area contributed by atoms with Gasteiger partial charge in [-0.15, -0.1) is 0 Å². The third-order valence-corrected chi connectivity index (χ3v) is 3.13. The van der Waals surface area contributed by atoms with Crippen LogP contribution in [0, 0.1) is 5.92 Å². The maximum Gasteiger partial charge on any atom is 0.123 e. The third-order valence-electron chi connectivity index (χ3n) is 3.13. The van der Waals surface area contributed by atoms with Gasteiger partial charge >= 0.3 is 0 Å². The molecule has 0 aliphatic heterocycles. The van der Waals surface area contributed by atoms with Crippen molar-refractivity contribution < 1.29 is 5.11 Å². The molecule has 18 heavy (non-hydrogen) atoms. The molecule has 0 aromatic heterocycles. The first-order chi connectivity index (χ1) is 8.58. The molecule has 0 fully saturated rings. The van der Waals surface area contributed by atoms with Gasteiger partial charge in [0.15, 0.2) is 0 Å². The van der Waals surface area contributed by atoms with E-state index >= 15 is 0 Å². The monoisotopic (exact) mass is 243 g/mol. The largest absolute Gasteiger partial charge is 0.507 e. The Balaban J connectivity index is 2.31. The maximum atomic E-state index is 9.85. The van der Waals surface area contributed by atoms with Crippen molar-refractivity contribution in [3.8, 4) is 5.75 Å². The molecule has 1 unspecified atom stereocenters. The van der Waals surface area contributed by atoms with Crippen LogP contribution in [0.5, 0.6) is 5.75 Å². The number of hydrogen-bond donors (Lipinski definition) is 2. The number of nitrogens with one attached hydrogen (secondary N) is 1. The van der Waals surface area contributed by atoms with Crippen LogP contribution in [0.2, 0.25) is 0 Å². The lowest BCUT2D eigenvalue weighted by atomic mass is 10.0. The molecule has 0 aliphatic carbocycles. The Morgan fingerprint density at radius 3 is 2.39 bits per heavy atom. The minimum absolute atomic E-state index is 0.340. The SMILES string of the molecule is CC(C)CC(C)Nc1cccc2c(O)cccc12. The lowest BCUT2D eigenvalue weighted by Crippen LogP contribution is -2.17. The van der Waals surface area contributed by atoms with Crippen molar-refractivity contribution in [3.63, 3.8) is 0 Å². The second-order valence-electron chi connectivity index (χ2n) is 5.35. The summed E-state index contributed by atoms with van der Waals surface area (Å²) in [7, 11) is 0. The van der Waals surface area contributed by atoms with Crippen molar-refractivity contribution in [2.24, 2.45) is 5.92 Å². The Bertz CT molecular complexity index is 534. The number of benzene rings is 2. The summed E-state index contributed by atoms with van der Waals surface area (Å²) in [5.41, 5.74) is 1.09. The van der Waals surface area contributed by atoms with E-state index in [4.69, 9.17) is 0 Å². The molecule has 0 radical (unpaired) electrons. The molecule has 1 atom stereocenters. The van der Waals surface area contributed by atoms with Crippen LogP contribution in [0.4, 0.5) is 5.69 Å². The Labute approximate surface area is 109 Å². The molecule has 2 nitrogen and oxygen atoms in total. The molecule has 2 rings (SSSR count). The number of hydrogen-bond acceptors (Lipinski definition) is 2. The van der Waals surface area contributed by atoms with E-state index < -0.39 is 0 Å². The second-order valence-corrected chi connectivity index (χ2v) is 5.35. The summed E-state index contributed by atoms with van der Waals surface area (Å²) < 4.78 is 0. The summed E-state index contributed by atoms with van der Waals surface area (Å²) in [5, 5.41) is 15.4. The van der Waals surface area contributed by atoms with Crippen LogP contribution < -0.4 is 5.32 Å². The predicted octanol–water partition coefficient (Wildman–Crippen LogP) is 4.39. The van der Waals surface area contributed by atoms with Gasteiger partial charge in [-0.25, -0.2) is 0 Å². The predicted molar refractivity (Wildman–Crippen MR) is 78.2 cm³/mol. The van der Waals surface area contributed by atoms with Crippen LogP contribution in [-0.2, 0) is 0 Å². The summed E-state index contributed by atoms with van der Waals surface area (Å²) in [5.74, 6) is 1.02. The fraction of sp³-hybridized carbons (Fsp3) is 0.375. The van der Waals surface area contributed by atoms with E-state index in [0.29, 0.717) is 17.7 Å². The number of phenols is 1. The van der Waals surface area contributed by atoms with Gasteiger partial charge in [0.05, 0.1) is 0 Å². The molecular weight excluding hydrogens is 222 g/mol. The molecule has 2 aromatic rings. The van der Waals surface area contributed by atoms with Gasteiger partial charge < -0.3 is 10.4 Å². The molecule has 2 heteroatoms. The highest BCUT2D eigenvalue weighted by Gasteiger charge is 2.08. The average Bonchev–Trinajstić information content (AvgIpc) is 2.29.